The molecule has 0 aliphatic heterocycles. The Kier molecular flexibility index (Phi) is 5.74. The maximum Gasteiger partial charge on any atom is 0.335 e. The number of carbonyl (C=O) groups excluding carboxylic acids is 1. The highest BCUT2D eigenvalue weighted by Gasteiger charge is 2.14. The van der Waals surface area contributed by atoms with Crippen molar-refractivity contribution in [2.45, 2.75) is 39.7 Å². The van der Waals surface area contributed by atoms with Crippen LogP contribution in [0.2, 0.25) is 0 Å². The van der Waals surface area contributed by atoms with Crippen LogP contribution in [0.1, 0.15) is 39.5 Å². The number of hydrogen-bond acceptors (Lipinski definition) is 2. The van der Waals surface area contributed by atoms with Crippen molar-refractivity contribution in [1.29, 1.82) is 0 Å². The van der Waals surface area contributed by atoms with Crippen molar-refractivity contribution in [1.82, 2.24) is 5.32 Å². The third-order valence-electron chi connectivity index (χ3n) is 3.83. The first-order valence-corrected chi connectivity index (χ1v) is 8.03. The van der Waals surface area contributed by atoms with Gasteiger partial charge in [0, 0.05) is 6.04 Å². The van der Waals surface area contributed by atoms with Crippen LogP contribution in [0.25, 0.3) is 0 Å². The fourth-order valence-electron chi connectivity index (χ4n) is 2.97. The minimum atomic E-state index is -1.01. The first kappa shape index (κ1) is 17.7. The molecule has 0 fully saturated rings. The highest BCUT2D eigenvalue weighted by molar-refractivity contribution is 5.91. The maximum atomic E-state index is 12.2. The number of aromatic carboxylic acids is 1. The summed E-state index contributed by atoms with van der Waals surface area (Å²) in [5, 5.41) is 12.1. The van der Waals surface area contributed by atoms with Crippen molar-refractivity contribution in [3.05, 3.63) is 70.3 Å². The lowest BCUT2D eigenvalue weighted by atomic mass is 10.0. The molecule has 2 rings (SSSR count). The molecule has 2 aromatic rings. The Morgan fingerprint density at radius 3 is 2.33 bits per heavy atom. The van der Waals surface area contributed by atoms with E-state index in [1.807, 2.05) is 6.92 Å². The number of carboxylic acid groups (broad SMARTS) is 1. The van der Waals surface area contributed by atoms with Crippen LogP contribution in [-0.2, 0) is 17.6 Å². The zero-order valence-corrected chi connectivity index (χ0v) is 14.3. The predicted octanol–water partition coefficient (Wildman–Crippen LogP) is 3.29. The molecule has 0 heterocycles. The zero-order valence-electron chi connectivity index (χ0n) is 14.3. The van der Waals surface area contributed by atoms with E-state index in [0.717, 1.165) is 6.42 Å². The van der Waals surface area contributed by atoms with Crippen LogP contribution in [0.4, 0.5) is 0 Å². The molecule has 0 aliphatic rings. The number of rotatable bonds is 6. The summed E-state index contributed by atoms with van der Waals surface area (Å²) >= 11 is 0. The highest BCUT2D eigenvalue weighted by Crippen LogP contribution is 2.12. The molecule has 1 unspecified atom stereocenters. The van der Waals surface area contributed by atoms with Gasteiger partial charge in [-0.1, -0.05) is 47.5 Å². The Morgan fingerprint density at radius 1 is 1.08 bits per heavy atom. The van der Waals surface area contributed by atoms with Crippen LogP contribution in [0.5, 0.6) is 0 Å². The van der Waals surface area contributed by atoms with E-state index in [4.69, 9.17) is 0 Å². The van der Waals surface area contributed by atoms with Gasteiger partial charge in [-0.3, -0.25) is 4.79 Å². The average Bonchev–Trinajstić information content (AvgIpc) is 2.45. The lowest BCUT2D eigenvalue weighted by molar-refractivity contribution is -0.121. The largest absolute Gasteiger partial charge is 0.478 e. The molecular formula is C20H23NO3. The standard InChI is InChI=1S/C20H23NO3/c1-13-8-14(2)10-16(9-13)11-15(3)21-19(22)12-17-6-4-5-7-18(17)20(23)24/h4-10,15H,11-12H2,1-3H3,(H,21,22)(H,23,24). The van der Waals surface area contributed by atoms with E-state index in [-0.39, 0.29) is 23.9 Å². The summed E-state index contributed by atoms with van der Waals surface area (Å²) in [5.41, 5.74) is 4.31. The van der Waals surface area contributed by atoms with Gasteiger partial charge in [-0.2, -0.15) is 0 Å². The van der Waals surface area contributed by atoms with Gasteiger partial charge in [0.2, 0.25) is 5.91 Å². The van der Waals surface area contributed by atoms with Crippen LogP contribution >= 0.6 is 0 Å². The van der Waals surface area contributed by atoms with Crippen molar-refractivity contribution in [2.75, 3.05) is 0 Å². The Hall–Kier alpha value is -2.62. The molecule has 0 saturated carbocycles. The maximum absolute atomic E-state index is 12.2. The van der Waals surface area contributed by atoms with E-state index in [9.17, 15) is 14.7 Å². The molecular weight excluding hydrogens is 302 g/mol. The third-order valence-corrected chi connectivity index (χ3v) is 3.83. The molecule has 24 heavy (non-hydrogen) atoms. The number of nitrogens with one attached hydrogen (secondary N) is 1. The van der Waals surface area contributed by atoms with E-state index in [0.29, 0.717) is 5.56 Å². The van der Waals surface area contributed by atoms with Crippen molar-refractivity contribution in [3.8, 4) is 0 Å². The number of carboxylic acids is 1. The van der Waals surface area contributed by atoms with Gasteiger partial charge in [0.05, 0.1) is 12.0 Å². The Balaban J connectivity index is 1.98. The number of aryl methyl sites for hydroxylation is 2. The topological polar surface area (TPSA) is 66.4 Å². The predicted molar refractivity (Wildman–Crippen MR) is 94.3 cm³/mol. The van der Waals surface area contributed by atoms with Crippen molar-refractivity contribution in [2.24, 2.45) is 0 Å². The summed E-state index contributed by atoms with van der Waals surface area (Å²) in [6.07, 6.45) is 0.814. The summed E-state index contributed by atoms with van der Waals surface area (Å²) in [6.45, 7) is 6.07. The first-order valence-electron chi connectivity index (χ1n) is 8.03. The van der Waals surface area contributed by atoms with Gasteiger partial charge in [0.25, 0.3) is 0 Å². The SMILES string of the molecule is Cc1cc(C)cc(CC(C)NC(=O)Cc2ccccc2C(=O)O)c1. The zero-order chi connectivity index (χ0) is 17.7. The lowest BCUT2D eigenvalue weighted by Crippen LogP contribution is -2.35. The second-order valence-electron chi connectivity index (χ2n) is 6.31. The van der Waals surface area contributed by atoms with Crippen LogP contribution < -0.4 is 5.32 Å². The fraction of sp³-hybridized carbons (Fsp3) is 0.300. The minimum absolute atomic E-state index is 0.0179. The van der Waals surface area contributed by atoms with Gasteiger partial charge < -0.3 is 10.4 Å². The lowest BCUT2D eigenvalue weighted by Gasteiger charge is -2.15. The molecule has 0 radical (unpaired) electrons. The van der Waals surface area contributed by atoms with Crippen LogP contribution in [-0.4, -0.2) is 23.0 Å². The number of benzene rings is 2. The highest BCUT2D eigenvalue weighted by atomic mass is 16.4. The number of hydrogen-bond donors (Lipinski definition) is 2. The van der Waals surface area contributed by atoms with Crippen molar-refractivity contribution < 1.29 is 14.7 Å². The quantitative estimate of drug-likeness (QED) is 0.856. The van der Waals surface area contributed by atoms with E-state index in [1.54, 1.807) is 18.2 Å². The molecule has 0 saturated heterocycles. The van der Waals surface area contributed by atoms with Crippen molar-refractivity contribution >= 4 is 11.9 Å². The van der Waals surface area contributed by atoms with E-state index in [2.05, 4.69) is 37.4 Å². The van der Waals surface area contributed by atoms with Gasteiger partial charge in [-0.25, -0.2) is 4.79 Å². The molecule has 2 N–H and O–H groups in total. The number of carbonyl (C=O) groups is 2. The van der Waals surface area contributed by atoms with E-state index < -0.39 is 5.97 Å². The molecule has 1 atom stereocenters. The van der Waals surface area contributed by atoms with Gasteiger partial charge >= 0.3 is 5.97 Å². The Bertz CT molecular complexity index is 732. The monoisotopic (exact) mass is 325 g/mol. The normalized spacial score (nSPS) is 11.8. The Labute approximate surface area is 142 Å². The van der Waals surface area contributed by atoms with Gasteiger partial charge in [0.1, 0.15) is 0 Å². The smallest absolute Gasteiger partial charge is 0.335 e. The molecule has 126 valence electrons. The summed E-state index contributed by atoms with van der Waals surface area (Å²) in [7, 11) is 0. The Morgan fingerprint density at radius 2 is 1.71 bits per heavy atom. The van der Waals surface area contributed by atoms with Crippen LogP contribution in [0.15, 0.2) is 42.5 Å². The van der Waals surface area contributed by atoms with E-state index >= 15 is 0 Å². The van der Waals surface area contributed by atoms with Gasteiger partial charge in [-0.05, 0) is 44.4 Å². The summed E-state index contributed by atoms with van der Waals surface area (Å²) < 4.78 is 0. The summed E-state index contributed by atoms with van der Waals surface area (Å²) in [5.74, 6) is -1.18. The fourth-order valence-corrected chi connectivity index (χ4v) is 2.97. The van der Waals surface area contributed by atoms with Crippen molar-refractivity contribution in [3.63, 3.8) is 0 Å². The minimum Gasteiger partial charge on any atom is -0.478 e. The molecule has 0 aliphatic carbocycles. The molecule has 0 aromatic heterocycles. The molecule has 4 nitrogen and oxygen atoms in total. The van der Waals surface area contributed by atoms with Crippen LogP contribution in [0, 0.1) is 13.8 Å². The molecule has 0 spiro atoms. The van der Waals surface area contributed by atoms with Gasteiger partial charge in [0.15, 0.2) is 0 Å². The molecule has 2 aromatic carbocycles. The third kappa shape index (κ3) is 4.95. The second kappa shape index (κ2) is 7.77. The molecule has 1 amide bonds. The molecule has 4 heteroatoms. The summed E-state index contributed by atoms with van der Waals surface area (Å²) in [6, 6.07) is 12.9. The van der Waals surface area contributed by atoms with Gasteiger partial charge in [-0.15, -0.1) is 0 Å². The molecule has 0 bridgehead atoms. The second-order valence-corrected chi connectivity index (χ2v) is 6.31. The van der Waals surface area contributed by atoms with E-state index in [1.165, 1.54) is 22.8 Å². The number of amides is 1. The first-order chi connectivity index (χ1) is 11.3. The van der Waals surface area contributed by atoms with Crippen LogP contribution in [0.3, 0.4) is 0 Å². The average molecular weight is 325 g/mol. The summed E-state index contributed by atoms with van der Waals surface area (Å²) in [4.78, 5) is 23.4.